The summed E-state index contributed by atoms with van der Waals surface area (Å²) < 4.78 is 0. The van der Waals surface area contributed by atoms with E-state index < -0.39 is 0 Å². The van der Waals surface area contributed by atoms with Crippen molar-refractivity contribution in [3.05, 3.63) is 50.2 Å². The van der Waals surface area contributed by atoms with E-state index in [1.54, 1.807) is 29.5 Å². The molecule has 0 bridgehead atoms. The molecule has 0 radical (unpaired) electrons. The van der Waals surface area contributed by atoms with Gasteiger partial charge in [-0.15, -0.1) is 11.3 Å². The normalized spacial score (nSPS) is 10.8. The van der Waals surface area contributed by atoms with Gasteiger partial charge in [0, 0.05) is 22.0 Å². The standard InChI is InChI=1S/C18H21ClN2O2S/c1-10(2)9-20-17(22)14-6-5-13(8-16(14)19)21-18(23)15-7-11(3)24-12(15)4/h5-8,10H,9H2,1-4H3,(H,20,22)(H,21,23). The van der Waals surface area contributed by atoms with Crippen LogP contribution < -0.4 is 10.6 Å². The van der Waals surface area contributed by atoms with Crippen molar-refractivity contribution < 1.29 is 9.59 Å². The quantitative estimate of drug-likeness (QED) is 0.810. The van der Waals surface area contributed by atoms with Gasteiger partial charge in [-0.3, -0.25) is 9.59 Å². The van der Waals surface area contributed by atoms with E-state index in [0.717, 1.165) is 9.75 Å². The predicted molar refractivity (Wildman–Crippen MR) is 100 cm³/mol. The third-order valence-corrected chi connectivity index (χ3v) is 4.71. The van der Waals surface area contributed by atoms with Gasteiger partial charge < -0.3 is 10.6 Å². The monoisotopic (exact) mass is 364 g/mol. The SMILES string of the molecule is Cc1cc(C(=O)Nc2ccc(C(=O)NCC(C)C)c(Cl)c2)c(C)s1. The lowest BCUT2D eigenvalue weighted by molar-refractivity contribution is 0.0948. The first kappa shape index (κ1) is 18.5. The molecule has 0 atom stereocenters. The second-order valence-electron chi connectivity index (χ2n) is 6.08. The molecule has 128 valence electrons. The number of carbonyl (C=O) groups is 2. The molecule has 0 saturated heterocycles. The second-order valence-corrected chi connectivity index (χ2v) is 7.95. The number of halogens is 1. The number of hydrogen-bond acceptors (Lipinski definition) is 3. The summed E-state index contributed by atoms with van der Waals surface area (Å²) in [6.45, 7) is 8.52. The number of thiophene rings is 1. The summed E-state index contributed by atoms with van der Waals surface area (Å²) >= 11 is 7.78. The molecule has 2 rings (SSSR count). The first-order valence-electron chi connectivity index (χ1n) is 7.74. The Kier molecular flexibility index (Phi) is 6.02. The fraction of sp³-hybridized carbons (Fsp3) is 0.333. The minimum atomic E-state index is -0.212. The van der Waals surface area contributed by atoms with E-state index in [1.165, 1.54) is 0 Å². The second kappa shape index (κ2) is 7.81. The van der Waals surface area contributed by atoms with E-state index in [4.69, 9.17) is 11.6 Å². The van der Waals surface area contributed by atoms with Crippen LogP contribution in [0.4, 0.5) is 5.69 Å². The molecule has 2 aromatic rings. The van der Waals surface area contributed by atoms with Crippen LogP contribution in [0.5, 0.6) is 0 Å². The summed E-state index contributed by atoms with van der Waals surface area (Å²) in [6, 6.07) is 6.77. The largest absolute Gasteiger partial charge is 0.352 e. The molecule has 2 N–H and O–H groups in total. The van der Waals surface area contributed by atoms with Gasteiger partial charge in [-0.25, -0.2) is 0 Å². The molecule has 0 spiro atoms. The Hall–Kier alpha value is -1.85. The van der Waals surface area contributed by atoms with Crippen LogP contribution in [-0.2, 0) is 0 Å². The number of benzene rings is 1. The Morgan fingerprint density at radius 3 is 2.38 bits per heavy atom. The molecule has 0 aliphatic heterocycles. The van der Waals surface area contributed by atoms with Gasteiger partial charge in [0.1, 0.15) is 0 Å². The first-order valence-corrected chi connectivity index (χ1v) is 8.93. The van der Waals surface area contributed by atoms with Gasteiger partial charge in [-0.1, -0.05) is 25.4 Å². The van der Waals surface area contributed by atoms with Gasteiger partial charge in [-0.2, -0.15) is 0 Å². The van der Waals surface area contributed by atoms with Crippen molar-refractivity contribution in [2.75, 3.05) is 11.9 Å². The van der Waals surface area contributed by atoms with Gasteiger partial charge >= 0.3 is 0 Å². The van der Waals surface area contributed by atoms with E-state index >= 15 is 0 Å². The smallest absolute Gasteiger partial charge is 0.256 e. The molecule has 1 heterocycles. The Bertz CT molecular complexity index is 768. The van der Waals surface area contributed by atoms with Crippen molar-refractivity contribution >= 4 is 40.4 Å². The molecule has 0 aliphatic carbocycles. The summed E-state index contributed by atoms with van der Waals surface area (Å²) in [7, 11) is 0. The van der Waals surface area contributed by atoms with Crippen LogP contribution in [-0.4, -0.2) is 18.4 Å². The van der Waals surface area contributed by atoms with Crippen LogP contribution in [0.3, 0.4) is 0 Å². The average Bonchev–Trinajstić information content (AvgIpc) is 2.83. The maximum atomic E-state index is 12.3. The molecule has 1 aromatic heterocycles. The van der Waals surface area contributed by atoms with Crippen molar-refractivity contribution in [2.45, 2.75) is 27.7 Å². The fourth-order valence-electron chi connectivity index (χ4n) is 2.22. The number of rotatable bonds is 5. The topological polar surface area (TPSA) is 58.2 Å². The molecule has 24 heavy (non-hydrogen) atoms. The number of anilines is 1. The van der Waals surface area contributed by atoms with Crippen LogP contribution in [0.2, 0.25) is 5.02 Å². The van der Waals surface area contributed by atoms with Gasteiger partial charge in [0.25, 0.3) is 11.8 Å². The highest BCUT2D eigenvalue weighted by molar-refractivity contribution is 7.12. The highest BCUT2D eigenvalue weighted by Crippen LogP contribution is 2.24. The minimum Gasteiger partial charge on any atom is -0.352 e. The lowest BCUT2D eigenvalue weighted by Crippen LogP contribution is -2.27. The zero-order chi connectivity index (χ0) is 17.9. The van der Waals surface area contributed by atoms with E-state index in [-0.39, 0.29) is 11.8 Å². The van der Waals surface area contributed by atoms with Crippen molar-refractivity contribution in [1.29, 1.82) is 0 Å². The highest BCUT2D eigenvalue weighted by Gasteiger charge is 2.15. The number of amides is 2. The van der Waals surface area contributed by atoms with Crippen LogP contribution >= 0.6 is 22.9 Å². The summed E-state index contributed by atoms with van der Waals surface area (Å²) in [4.78, 5) is 26.5. The third-order valence-electron chi connectivity index (χ3n) is 3.43. The number of carbonyl (C=O) groups excluding carboxylic acids is 2. The molecular weight excluding hydrogens is 344 g/mol. The van der Waals surface area contributed by atoms with Gasteiger partial charge in [-0.05, 0) is 44.0 Å². The fourth-order valence-corrected chi connectivity index (χ4v) is 3.41. The Balaban J connectivity index is 2.10. The third kappa shape index (κ3) is 4.58. The summed E-state index contributed by atoms with van der Waals surface area (Å²) in [5.74, 6) is -0.0237. The van der Waals surface area contributed by atoms with E-state index in [0.29, 0.717) is 34.3 Å². The van der Waals surface area contributed by atoms with Gasteiger partial charge in [0.2, 0.25) is 0 Å². The minimum absolute atomic E-state index is 0.176. The first-order chi connectivity index (χ1) is 11.3. The van der Waals surface area contributed by atoms with Crippen molar-refractivity contribution in [3.63, 3.8) is 0 Å². The molecule has 0 saturated carbocycles. The van der Waals surface area contributed by atoms with Crippen molar-refractivity contribution in [1.82, 2.24) is 5.32 Å². The maximum Gasteiger partial charge on any atom is 0.256 e. The molecule has 4 nitrogen and oxygen atoms in total. The average molecular weight is 365 g/mol. The van der Waals surface area contributed by atoms with Gasteiger partial charge in [0.15, 0.2) is 0 Å². The van der Waals surface area contributed by atoms with Crippen molar-refractivity contribution in [2.24, 2.45) is 5.92 Å². The predicted octanol–water partition coefficient (Wildman–Crippen LogP) is 4.66. The molecule has 2 amide bonds. The molecule has 0 aliphatic rings. The number of nitrogens with one attached hydrogen (secondary N) is 2. The van der Waals surface area contributed by atoms with Gasteiger partial charge in [0.05, 0.1) is 16.1 Å². The van der Waals surface area contributed by atoms with Crippen molar-refractivity contribution in [3.8, 4) is 0 Å². The zero-order valence-corrected chi connectivity index (χ0v) is 15.8. The van der Waals surface area contributed by atoms with E-state index in [1.807, 2.05) is 33.8 Å². The van der Waals surface area contributed by atoms with Crippen LogP contribution in [0.25, 0.3) is 0 Å². The Morgan fingerprint density at radius 2 is 1.83 bits per heavy atom. The van der Waals surface area contributed by atoms with Crippen LogP contribution in [0, 0.1) is 19.8 Å². The summed E-state index contributed by atoms with van der Waals surface area (Å²) in [5.41, 5.74) is 1.62. The summed E-state index contributed by atoms with van der Waals surface area (Å²) in [5, 5.41) is 5.96. The van der Waals surface area contributed by atoms with Crippen LogP contribution in [0.1, 0.15) is 44.3 Å². The Labute approximate surface area is 151 Å². The van der Waals surface area contributed by atoms with E-state index in [9.17, 15) is 9.59 Å². The lowest BCUT2D eigenvalue weighted by atomic mass is 10.1. The number of hydrogen-bond donors (Lipinski definition) is 2. The molecule has 0 unspecified atom stereocenters. The lowest BCUT2D eigenvalue weighted by Gasteiger charge is -2.10. The molecule has 1 aromatic carbocycles. The molecule has 0 fully saturated rings. The summed E-state index contributed by atoms with van der Waals surface area (Å²) in [6.07, 6.45) is 0. The Morgan fingerprint density at radius 1 is 1.12 bits per heavy atom. The zero-order valence-electron chi connectivity index (χ0n) is 14.2. The van der Waals surface area contributed by atoms with E-state index in [2.05, 4.69) is 10.6 Å². The molecular formula is C18H21ClN2O2S. The highest BCUT2D eigenvalue weighted by atomic mass is 35.5. The molecule has 6 heteroatoms. The van der Waals surface area contributed by atoms with Crippen LogP contribution in [0.15, 0.2) is 24.3 Å². The maximum absolute atomic E-state index is 12.3. The number of aryl methyl sites for hydroxylation is 2.